The summed E-state index contributed by atoms with van der Waals surface area (Å²) in [4.78, 5) is 1.58. The molecule has 1 rings (SSSR count). The lowest BCUT2D eigenvalue weighted by Gasteiger charge is -1.96. The van der Waals surface area contributed by atoms with Crippen LogP contribution in [0.15, 0.2) is 17.5 Å². The molecule has 0 saturated heterocycles. The molecule has 0 aliphatic heterocycles. The number of hydrogen-bond donors (Lipinski definition) is 0. The van der Waals surface area contributed by atoms with E-state index in [2.05, 4.69) is 31.4 Å². The molecule has 0 fully saturated rings. The first-order valence-corrected chi connectivity index (χ1v) is 7.35. The van der Waals surface area contributed by atoms with E-state index in [1.165, 1.54) is 44.3 Å². The lowest BCUT2D eigenvalue weighted by molar-refractivity contribution is -0.00000308. The molecule has 0 spiro atoms. The topological polar surface area (TPSA) is 0 Å². The van der Waals surface area contributed by atoms with Crippen LogP contribution in [0.2, 0.25) is 0 Å². The molecule has 1 aromatic heterocycles. The Balaban J connectivity index is 0.00000196. The molecule has 2 heteroatoms. The Hall–Kier alpha value is -0.0100. The van der Waals surface area contributed by atoms with Gasteiger partial charge in [-0.25, -0.2) is 0 Å². The van der Waals surface area contributed by atoms with E-state index in [1.807, 2.05) is 0 Å². The van der Waals surface area contributed by atoms with Gasteiger partial charge in [0.15, 0.2) is 0 Å². The zero-order valence-corrected chi connectivity index (χ0v) is 11.5. The Labute approximate surface area is 103 Å². The van der Waals surface area contributed by atoms with Gasteiger partial charge in [0.2, 0.25) is 0 Å². The monoisotopic (exact) mass is 246 g/mol. The fourth-order valence-corrected chi connectivity index (χ4v) is 3.44. The van der Waals surface area contributed by atoms with Gasteiger partial charge in [-0.15, -0.1) is 0 Å². The van der Waals surface area contributed by atoms with Crippen LogP contribution in [0.5, 0.6) is 0 Å². The van der Waals surface area contributed by atoms with Gasteiger partial charge in [-0.3, -0.25) is 0 Å². The van der Waals surface area contributed by atoms with Crippen molar-refractivity contribution in [3.63, 3.8) is 0 Å². The highest BCUT2D eigenvalue weighted by atomic mass is 35.5. The molecule has 1 atom stereocenters. The maximum absolute atomic E-state index is 2.38. The van der Waals surface area contributed by atoms with Crippen LogP contribution in [0.1, 0.15) is 50.3 Å². The molecule has 0 radical (unpaired) electrons. The highest BCUT2D eigenvalue weighted by Gasteiger charge is 2.06. The van der Waals surface area contributed by atoms with Crippen LogP contribution in [0, 0.1) is 6.92 Å². The minimum atomic E-state index is 0. The van der Waals surface area contributed by atoms with Crippen LogP contribution in [0.25, 0.3) is 0 Å². The third-order valence-corrected chi connectivity index (χ3v) is 4.88. The van der Waals surface area contributed by atoms with Gasteiger partial charge in [-0.05, 0) is 35.4 Å². The maximum Gasteiger partial charge on any atom is 0.147 e. The first-order chi connectivity index (χ1) is 6.84. The Morgan fingerprint density at radius 2 is 1.73 bits per heavy atom. The van der Waals surface area contributed by atoms with Crippen LogP contribution in [0.4, 0.5) is 0 Å². The minimum Gasteiger partial charge on any atom is -1.00 e. The molecule has 1 aromatic rings. The summed E-state index contributed by atoms with van der Waals surface area (Å²) < 4.78 is 0. The van der Waals surface area contributed by atoms with Gasteiger partial charge in [0, 0.05) is 6.92 Å². The molecule has 0 aliphatic rings. The molecule has 88 valence electrons. The first kappa shape index (κ1) is 15.0. The number of hydrogen-bond acceptors (Lipinski definition) is 0. The number of unbranched alkanes of at least 4 members (excludes halogenated alkanes) is 5. The highest BCUT2D eigenvalue weighted by molar-refractivity contribution is 7.29. The molecule has 0 aromatic carbocycles. The van der Waals surface area contributed by atoms with Gasteiger partial charge in [0.1, 0.15) is 16.0 Å². The van der Waals surface area contributed by atoms with Crippen LogP contribution in [-0.4, -0.2) is 0 Å². The van der Waals surface area contributed by atoms with Crippen molar-refractivity contribution < 1.29 is 12.4 Å². The predicted octanol–water partition coefficient (Wildman–Crippen LogP) is 2.11. The number of aryl methyl sites for hydroxylation is 2. The molecule has 0 N–H and O–H groups in total. The van der Waals surface area contributed by atoms with Crippen molar-refractivity contribution in [1.29, 1.82) is 0 Å². The molecular weight excluding hydrogens is 224 g/mol. The zero-order chi connectivity index (χ0) is 10.2. The lowest BCUT2D eigenvalue weighted by atomic mass is 10.1. The highest BCUT2D eigenvalue weighted by Crippen LogP contribution is 2.26. The molecule has 0 aliphatic carbocycles. The van der Waals surface area contributed by atoms with Crippen molar-refractivity contribution >= 4 is 10.5 Å². The zero-order valence-electron chi connectivity index (χ0n) is 9.97. The van der Waals surface area contributed by atoms with Gasteiger partial charge in [0.25, 0.3) is 0 Å². The smallest absolute Gasteiger partial charge is 0.147 e. The van der Waals surface area contributed by atoms with E-state index in [0.717, 1.165) is 0 Å². The van der Waals surface area contributed by atoms with Crippen molar-refractivity contribution in [1.82, 2.24) is 0 Å². The Kier molecular flexibility index (Phi) is 9.23. The standard InChI is InChI=1S/C13H23S.ClH/c1-3-4-5-6-7-8-11-14-12-9-10-13(14)2;/h9-10,12H,3-8,11H2,1-2H3;1H/q+1;/p-1. The summed E-state index contributed by atoms with van der Waals surface area (Å²) in [5.41, 5.74) is 0. The second-order valence-corrected chi connectivity index (χ2v) is 6.19. The SMILES string of the molecule is CCCCCCCC[s+]1cccc1C.[Cl-]. The van der Waals surface area contributed by atoms with Crippen LogP contribution >= 0.6 is 10.5 Å². The summed E-state index contributed by atoms with van der Waals surface area (Å²) in [5, 5.41) is 2.38. The van der Waals surface area contributed by atoms with E-state index in [9.17, 15) is 0 Å². The average Bonchev–Trinajstić information content (AvgIpc) is 2.58. The van der Waals surface area contributed by atoms with Crippen molar-refractivity contribution in [3.8, 4) is 0 Å². The van der Waals surface area contributed by atoms with Gasteiger partial charge < -0.3 is 12.4 Å². The van der Waals surface area contributed by atoms with Crippen molar-refractivity contribution in [2.45, 2.75) is 58.1 Å². The Morgan fingerprint density at radius 3 is 2.33 bits per heavy atom. The molecule has 1 unspecified atom stereocenters. The largest absolute Gasteiger partial charge is 1.00 e. The molecule has 15 heavy (non-hydrogen) atoms. The summed E-state index contributed by atoms with van der Waals surface area (Å²) >= 11 is 0. The fourth-order valence-electron chi connectivity index (χ4n) is 1.73. The van der Waals surface area contributed by atoms with E-state index in [1.54, 1.807) is 4.88 Å². The third-order valence-electron chi connectivity index (χ3n) is 2.71. The summed E-state index contributed by atoms with van der Waals surface area (Å²) in [6.07, 6.45) is 8.51. The Bertz CT molecular complexity index is 242. The summed E-state index contributed by atoms with van der Waals surface area (Å²) in [6, 6.07) is 4.48. The minimum absolute atomic E-state index is 0. The molecule has 0 amide bonds. The average molecular weight is 247 g/mol. The second-order valence-electron chi connectivity index (χ2n) is 4.01. The predicted molar refractivity (Wildman–Crippen MR) is 67.0 cm³/mol. The van der Waals surface area contributed by atoms with Crippen molar-refractivity contribution in [2.24, 2.45) is 0 Å². The number of thiophene rings is 1. The van der Waals surface area contributed by atoms with Gasteiger partial charge in [-0.1, -0.05) is 32.6 Å². The quantitative estimate of drug-likeness (QED) is 0.511. The van der Waals surface area contributed by atoms with E-state index in [4.69, 9.17) is 0 Å². The van der Waals surface area contributed by atoms with Crippen LogP contribution in [0.3, 0.4) is 0 Å². The lowest BCUT2D eigenvalue weighted by Crippen LogP contribution is -3.00. The van der Waals surface area contributed by atoms with E-state index in [-0.39, 0.29) is 12.4 Å². The molecule has 0 bridgehead atoms. The summed E-state index contributed by atoms with van der Waals surface area (Å²) in [5.74, 6) is 1.39. The molecular formula is C13H23ClS. The summed E-state index contributed by atoms with van der Waals surface area (Å²) in [6.45, 7) is 4.54. The second kappa shape index (κ2) is 9.23. The Morgan fingerprint density at radius 1 is 1.07 bits per heavy atom. The molecule has 0 nitrogen and oxygen atoms in total. The normalized spacial score (nSPS) is 11.2. The summed E-state index contributed by atoms with van der Waals surface area (Å²) in [7, 11) is 0.501. The fraction of sp³-hybridized carbons (Fsp3) is 0.692. The number of rotatable bonds is 7. The number of halogens is 1. The van der Waals surface area contributed by atoms with E-state index in [0.29, 0.717) is 10.5 Å². The van der Waals surface area contributed by atoms with Crippen molar-refractivity contribution in [3.05, 3.63) is 22.4 Å². The van der Waals surface area contributed by atoms with Crippen LogP contribution < -0.4 is 12.4 Å². The third kappa shape index (κ3) is 6.21. The van der Waals surface area contributed by atoms with Gasteiger partial charge >= 0.3 is 0 Å². The van der Waals surface area contributed by atoms with Crippen molar-refractivity contribution in [2.75, 3.05) is 0 Å². The van der Waals surface area contributed by atoms with Gasteiger partial charge in [0.05, 0.1) is 0 Å². The van der Waals surface area contributed by atoms with Gasteiger partial charge in [-0.2, -0.15) is 0 Å². The molecule has 1 heterocycles. The maximum atomic E-state index is 2.38. The first-order valence-electron chi connectivity index (χ1n) is 5.89. The van der Waals surface area contributed by atoms with Crippen LogP contribution in [-0.2, 0) is 5.75 Å². The van der Waals surface area contributed by atoms with E-state index >= 15 is 0 Å². The van der Waals surface area contributed by atoms with E-state index < -0.39 is 0 Å². The molecule has 0 saturated carbocycles.